The fraction of sp³-hybridized carbons (Fsp3) is 0.202. The number of hydrogen-bond acceptors (Lipinski definition) is 5. The molecule has 0 aliphatic carbocycles. The monoisotopic (exact) mass is 2810 g/mol. The number of unbranched alkanes of at least 4 members (excludes halogenated alkanes) is 5. The Balaban J connectivity index is -0.000000167. The van der Waals surface area contributed by atoms with Gasteiger partial charge in [-0.15, -0.1) is 38.4 Å². The molecule has 0 aromatic heterocycles. The van der Waals surface area contributed by atoms with Crippen LogP contribution in [0.4, 0.5) is 0 Å². The summed E-state index contributed by atoms with van der Waals surface area (Å²) in [5.74, 6) is 0.669. The molecule has 0 aliphatic rings. The third-order valence-corrected chi connectivity index (χ3v) is 19.0. The minimum atomic E-state index is -0.361. The molecule has 0 fully saturated rings. The molecule has 120 heavy (non-hydrogen) atoms. The second-order valence-corrected chi connectivity index (χ2v) is 41.0. The van der Waals surface area contributed by atoms with Crippen LogP contribution in [0.15, 0.2) is 293 Å². The van der Waals surface area contributed by atoms with Crippen LogP contribution in [-0.4, -0.2) is 49.1 Å². The van der Waals surface area contributed by atoms with Gasteiger partial charge in [-0.2, -0.15) is 68.8 Å². The number of allylic oxidation sites excluding steroid dienone is 4. The van der Waals surface area contributed by atoms with Crippen molar-refractivity contribution in [1.29, 1.82) is 0 Å². The summed E-state index contributed by atoms with van der Waals surface area (Å²) < 4.78 is 4.76. The molecule has 10 aromatic rings. The van der Waals surface area contributed by atoms with Crippen molar-refractivity contribution in [2.45, 2.75) is 111 Å². The van der Waals surface area contributed by atoms with E-state index < -0.39 is 0 Å². The largest absolute Gasteiger partial charge is 0.226 e. The first kappa shape index (κ1) is 139. The topological polar surface area (TPSA) is 85.3 Å². The summed E-state index contributed by atoms with van der Waals surface area (Å²) >= 11 is 33.3. The quantitative estimate of drug-likeness (QED) is 0.00788. The SMILES string of the molecule is BrCCCCBr.C=CCc1cccc(C(=O)c2cccc(CC=C)c2)c1.C=CCc1ccccc1-c1ccccc1CC=C.CC(=O)CCCCCCC(C)=O.CC(=O)Cl.Ic1ccccc1-c1ccccc1I.O=C(c1cccc(I)c1)c1cccc(I)c1.[Br][AlH][I].[CH2-]CC[CH2-].[Cl-].[Cl-].[Cl-].[Li+].[Li+].[Li+].[Zn+2].[Zn+][I].[Zn+][I].[c-]1ccccc1-c1[c-]cccc1. The van der Waals surface area contributed by atoms with Crippen molar-refractivity contribution in [2.24, 2.45) is 0 Å². The fourth-order valence-electron chi connectivity index (χ4n) is 9.61. The molecule has 0 aliphatic heterocycles. The third-order valence-electron chi connectivity index (χ3n) is 14.7. The molecule has 0 N–H and O–H groups in total. The zero-order valence-electron chi connectivity index (χ0n) is 69.6. The number of benzene rings is 10. The molecule has 5 nitrogen and oxygen atoms in total. The summed E-state index contributed by atoms with van der Waals surface area (Å²) in [5, 5.41) is 1.91. The van der Waals surface area contributed by atoms with E-state index in [0.29, 0.717) is 12.8 Å². The standard InChI is InChI=1S/C19H18O.C18H18.C13H8I2O.C12H8I2.C12H8.C10H18O2.C4H8Br2.C4H8.C2H3ClO.Al.BrH.3ClH.3HI.3Li.3Zn.H/c1-3-7-15-9-5-11-17(13-15)19(20)18-12-6-10-16(14-18)8-4-2;1-3-9-15-11-5-7-13-17(15)18-14-8-6-12-16(18)10-4-2;14-11-5-1-3-9(7-11)13(16)10-4-2-6-12(15)8-10;13-11-7-3-1-5-9(11)10-6-2-4-8-12(10)14;1-3-7-11(8-4-1)12-9-5-2-6-10-12;1-9(11)7-5-3-4-6-8-10(2)12;5-3-1-2-4-6;1-3-4-2;1-2(3)4;;;;;;;;;;;;;;;/h3-6,9-14H,1-2,7-8H2;3-8,11-14H,1-2,9-10H2;1-8H;1-8H;1-7,9H;3-8H2,1-2H3;1-4H2;1-4H2;1H3;;7*1H;;;;;;;/q;;;;-2;;;-2;;+2;;;;;;;;3*+1;3*+2;/p-7. The Morgan fingerprint density at radius 1 is 0.417 bits per heavy atom. The molecule has 10 aromatic carbocycles. The van der Waals surface area contributed by atoms with Crippen molar-refractivity contribution >= 4 is 246 Å². The predicted octanol–water partition coefficient (Wildman–Crippen LogP) is 13.0. The molecule has 0 spiro atoms. The number of alkyl halides is 2. The molecule has 0 unspecified atom stereocenters. The summed E-state index contributed by atoms with van der Waals surface area (Å²) in [6.07, 6.45) is 20.9. The van der Waals surface area contributed by atoms with Crippen LogP contribution in [0.5, 0.6) is 0 Å². The van der Waals surface area contributed by atoms with Gasteiger partial charge in [-0.05, 0) is 260 Å². The number of carbonyl (C=O) groups is 5. The van der Waals surface area contributed by atoms with Crippen LogP contribution in [0, 0.1) is 40.3 Å². The van der Waals surface area contributed by atoms with Gasteiger partial charge in [0.15, 0.2) is 11.6 Å². The zero-order valence-corrected chi connectivity index (χ0v) is 103. The van der Waals surface area contributed by atoms with Crippen LogP contribution in [0.1, 0.15) is 139 Å². The Hall–Kier alpha value is 1.41. The first-order chi connectivity index (χ1) is 54.6. The third kappa shape index (κ3) is 70.2. The maximum Gasteiger partial charge on any atom is -0.144 e. The van der Waals surface area contributed by atoms with Gasteiger partial charge in [0.1, 0.15) is 11.6 Å². The maximum atomic E-state index is 12.5. The van der Waals surface area contributed by atoms with E-state index in [9.17, 15) is 24.0 Å². The molecule has 10 rings (SSSR count). The van der Waals surface area contributed by atoms with Crippen molar-refractivity contribution in [2.75, 3.05) is 10.7 Å². The van der Waals surface area contributed by atoms with Crippen molar-refractivity contribution < 1.29 is 167 Å². The summed E-state index contributed by atoms with van der Waals surface area (Å²) in [6.45, 7) is 26.7. The summed E-state index contributed by atoms with van der Waals surface area (Å²) in [7, 11) is 0.199. The summed E-state index contributed by atoms with van der Waals surface area (Å²) in [5.41, 5.74) is 15.2. The average molecular weight is 2820 g/mol. The van der Waals surface area contributed by atoms with Crippen molar-refractivity contribution in [3.63, 3.8) is 0 Å². The Kier molecular flexibility index (Phi) is 112. The molecule has 0 saturated heterocycles. The second kappa shape index (κ2) is 96.5. The number of Topliss-reactive ketones (excluding diaryl/α,β-unsaturated/α-hetero) is 2. The van der Waals surface area contributed by atoms with E-state index in [1.165, 1.54) is 89.9 Å². The van der Waals surface area contributed by atoms with Crippen LogP contribution in [0.2, 0.25) is 0 Å². The Bertz CT molecular complexity index is 4050. The predicted molar refractivity (Wildman–Crippen MR) is 553 cm³/mol. The van der Waals surface area contributed by atoms with E-state index >= 15 is 0 Å². The molecule has 0 amide bonds. The summed E-state index contributed by atoms with van der Waals surface area (Å²) in [4.78, 5) is 54.9. The number of rotatable bonds is 26. The molecular formula is C94H98AlBr3Cl4I7Li3O5Zn3. The molecule has 0 atom stereocenters. The number of ketones is 4. The smallest absolute Gasteiger partial charge is 0.144 e. The minimum Gasteiger partial charge on any atom is -0.226 e. The van der Waals surface area contributed by atoms with Crippen LogP contribution >= 0.6 is 208 Å². The van der Waals surface area contributed by atoms with Crippen LogP contribution in [0.25, 0.3) is 33.4 Å². The molecular weight excluding hydrogens is 2720 g/mol. The molecule has 614 valence electrons. The van der Waals surface area contributed by atoms with Gasteiger partial charge >= 0.3 is 155 Å². The average Bonchev–Trinajstić information content (AvgIpc) is 0.816. The number of carbonyl (C=O) groups excluding carboxylic acids is 5. The Morgan fingerprint density at radius 3 is 0.950 bits per heavy atom. The number of halogens is 14. The molecule has 26 heteroatoms. The van der Waals surface area contributed by atoms with Gasteiger partial charge in [0.05, 0.1) is 0 Å². The maximum absolute atomic E-state index is 12.5. The second-order valence-electron chi connectivity index (χ2n) is 23.6. The van der Waals surface area contributed by atoms with E-state index in [4.69, 9.17) is 0 Å². The van der Waals surface area contributed by atoms with E-state index in [1.54, 1.807) is 13.8 Å². The van der Waals surface area contributed by atoms with E-state index in [2.05, 4.69) is 357 Å². The van der Waals surface area contributed by atoms with Crippen molar-refractivity contribution in [3.8, 4) is 33.4 Å². The fourth-order valence-corrected chi connectivity index (χ4v) is 12.8. The van der Waals surface area contributed by atoms with Gasteiger partial charge in [0.2, 0.25) is 5.24 Å². The first-order valence-electron chi connectivity index (χ1n) is 36.0. The molecule has 0 heterocycles. The molecule has 0 saturated carbocycles. The van der Waals surface area contributed by atoms with Gasteiger partial charge in [0.25, 0.3) is 0 Å². The van der Waals surface area contributed by atoms with Crippen LogP contribution in [-0.2, 0) is 89.1 Å². The van der Waals surface area contributed by atoms with E-state index in [0.717, 1.165) is 127 Å². The number of hydrogen-bond donors (Lipinski definition) is 0. The van der Waals surface area contributed by atoms with Crippen molar-refractivity contribution in [1.82, 2.24) is 0 Å². The van der Waals surface area contributed by atoms with Gasteiger partial charge in [-0.3, -0.25) is 14.4 Å². The van der Waals surface area contributed by atoms with Gasteiger partial charge in [-0.25, -0.2) is 38.0 Å². The van der Waals surface area contributed by atoms with Gasteiger partial charge in [-0.1, -0.05) is 215 Å². The van der Waals surface area contributed by atoms with E-state index in [1.807, 2.05) is 170 Å². The first-order valence-corrected chi connectivity index (χ1v) is 70.0. The van der Waals surface area contributed by atoms with Gasteiger partial charge < -0.3 is 60.7 Å². The molecule has 0 bridgehead atoms. The van der Waals surface area contributed by atoms with E-state index in [-0.39, 0.29) is 152 Å². The van der Waals surface area contributed by atoms with Crippen LogP contribution < -0.4 is 93.8 Å². The Morgan fingerprint density at radius 2 is 0.692 bits per heavy atom. The minimum absolute atomic E-state index is 0. The normalized spacial score (nSPS) is 8.80. The zero-order chi connectivity index (χ0) is 84.8. The van der Waals surface area contributed by atoms with Crippen LogP contribution in [0.3, 0.4) is 0 Å². The Labute approximate surface area is 930 Å². The molecule has 0 radical (unpaired) electrons. The van der Waals surface area contributed by atoms with Gasteiger partial charge in [0, 0.05) is 67.0 Å². The summed E-state index contributed by atoms with van der Waals surface area (Å²) in [6, 6.07) is 86.8. The van der Waals surface area contributed by atoms with Crippen molar-refractivity contribution in [3.05, 3.63) is 378 Å².